The maximum absolute atomic E-state index is 12.6. The zero-order valence-corrected chi connectivity index (χ0v) is 13.8. The van der Waals surface area contributed by atoms with Crippen molar-refractivity contribution in [1.29, 1.82) is 0 Å². The Labute approximate surface area is 139 Å². The van der Waals surface area contributed by atoms with Gasteiger partial charge in [0.25, 0.3) is 0 Å². The summed E-state index contributed by atoms with van der Waals surface area (Å²) in [6.45, 7) is 2.18. The maximum Gasteiger partial charge on any atom is 0.242 e. The van der Waals surface area contributed by atoms with Crippen LogP contribution in [0.2, 0.25) is 0 Å². The highest BCUT2D eigenvalue weighted by Crippen LogP contribution is 2.21. The molecule has 0 radical (unpaired) electrons. The molecule has 1 fully saturated rings. The molecule has 1 saturated heterocycles. The third-order valence-corrected chi connectivity index (χ3v) is 5.27. The van der Waals surface area contributed by atoms with Gasteiger partial charge in [0, 0.05) is 24.4 Å². The molecular formula is C18H19N3OS. The van der Waals surface area contributed by atoms with Gasteiger partial charge in [-0.05, 0) is 36.4 Å². The second-order valence-electron chi connectivity index (χ2n) is 5.95. The monoisotopic (exact) mass is 325 g/mol. The predicted molar refractivity (Wildman–Crippen MR) is 92.7 cm³/mol. The number of fused-ring (bicyclic) bond motifs is 1. The van der Waals surface area contributed by atoms with Crippen LogP contribution in [0.3, 0.4) is 0 Å². The van der Waals surface area contributed by atoms with Gasteiger partial charge in [0.2, 0.25) is 5.91 Å². The number of carbonyl (C=O) groups excluding carboxylic acids is 1. The highest BCUT2D eigenvalue weighted by molar-refractivity contribution is 7.09. The summed E-state index contributed by atoms with van der Waals surface area (Å²) in [4.78, 5) is 20.6. The van der Waals surface area contributed by atoms with Crippen LogP contribution < -0.4 is 0 Å². The number of hydrogen-bond donors (Lipinski definition) is 0. The molecule has 1 aromatic carbocycles. The van der Waals surface area contributed by atoms with Gasteiger partial charge in [-0.2, -0.15) is 0 Å². The fourth-order valence-electron chi connectivity index (χ4n) is 3.21. The van der Waals surface area contributed by atoms with Crippen LogP contribution in [0.5, 0.6) is 0 Å². The molecule has 0 spiro atoms. The molecule has 0 aliphatic carbocycles. The number of thiophene rings is 1. The molecule has 0 bridgehead atoms. The zero-order chi connectivity index (χ0) is 15.6. The van der Waals surface area contributed by atoms with E-state index in [1.165, 1.54) is 4.88 Å². The normalized spacial score (nSPS) is 14.7. The first-order valence-corrected chi connectivity index (χ1v) is 8.93. The second-order valence-corrected chi connectivity index (χ2v) is 6.98. The lowest BCUT2D eigenvalue weighted by molar-refractivity contribution is -0.130. The highest BCUT2D eigenvalue weighted by atomic mass is 32.1. The van der Waals surface area contributed by atoms with Crippen LogP contribution >= 0.6 is 11.3 Å². The van der Waals surface area contributed by atoms with E-state index in [0.717, 1.165) is 49.2 Å². The van der Waals surface area contributed by atoms with E-state index in [1.807, 2.05) is 23.1 Å². The number of likely N-dealkylation sites (tertiary alicyclic amines) is 1. The minimum atomic E-state index is 0.207. The number of rotatable bonds is 4. The molecule has 0 atom stereocenters. The molecule has 1 amide bonds. The zero-order valence-electron chi connectivity index (χ0n) is 12.9. The summed E-state index contributed by atoms with van der Waals surface area (Å²) in [5, 5.41) is 2.08. The number of hydrogen-bond acceptors (Lipinski definition) is 3. The molecule has 4 rings (SSSR count). The maximum atomic E-state index is 12.6. The fourth-order valence-corrected chi connectivity index (χ4v) is 3.91. The smallest absolute Gasteiger partial charge is 0.242 e. The largest absolute Gasteiger partial charge is 0.341 e. The van der Waals surface area contributed by atoms with Gasteiger partial charge in [-0.15, -0.1) is 11.3 Å². The number of imidazole rings is 1. The van der Waals surface area contributed by atoms with E-state index in [9.17, 15) is 4.79 Å². The van der Waals surface area contributed by atoms with E-state index >= 15 is 0 Å². The Morgan fingerprint density at radius 2 is 1.96 bits per heavy atom. The van der Waals surface area contributed by atoms with Crippen LogP contribution in [0.1, 0.15) is 23.5 Å². The number of nitrogens with zero attached hydrogens (tertiary/aromatic N) is 3. The summed E-state index contributed by atoms with van der Waals surface area (Å²) in [5.74, 6) is 1.18. The van der Waals surface area contributed by atoms with Crippen molar-refractivity contribution in [2.24, 2.45) is 0 Å². The van der Waals surface area contributed by atoms with Crippen LogP contribution in [0, 0.1) is 0 Å². The third-order valence-electron chi connectivity index (χ3n) is 4.40. The van der Waals surface area contributed by atoms with Crippen molar-refractivity contribution in [3.05, 3.63) is 52.5 Å². The molecule has 0 unspecified atom stereocenters. The number of amides is 1. The van der Waals surface area contributed by atoms with Crippen molar-refractivity contribution >= 4 is 28.3 Å². The SMILES string of the molecule is O=C(Cn1c(Cc2cccs2)nc2ccccc21)N1CCCC1. The molecule has 3 heterocycles. The highest BCUT2D eigenvalue weighted by Gasteiger charge is 2.20. The summed E-state index contributed by atoms with van der Waals surface area (Å²) in [6.07, 6.45) is 3.02. The Hall–Kier alpha value is -2.14. The number of aromatic nitrogens is 2. The number of benzene rings is 1. The standard InChI is InChI=1S/C18H19N3OS/c22-18(20-9-3-4-10-20)13-21-16-8-2-1-7-15(16)19-17(21)12-14-6-5-11-23-14/h1-2,5-8,11H,3-4,9-10,12-13H2. The van der Waals surface area contributed by atoms with Crippen molar-refractivity contribution in [2.45, 2.75) is 25.8 Å². The predicted octanol–water partition coefficient (Wildman–Crippen LogP) is 3.31. The van der Waals surface area contributed by atoms with Crippen molar-refractivity contribution in [2.75, 3.05) is 13.1 Å². The van der Waals surface area contributed by atoms with E-state index in [2.05, 4.69) is 28.1 Å². The lowest BCUT2D eigenvalue weighted by Gasteiger charge is -2.17. The van der Waals surface area contributed by atoms with Crippen LogP contribution in [-0.2, 0) is 17.8 Å². The summed E-state index contributed by atoms with van der Waals surface area (Å²) < 4.78 is 2.09. The van der Waals surface area contributed by atoms with E-state index in [0.29, 0.717) is 6.54 Å². The average Bonchev–Trinajstić information content (AvgIpc) is 3.29. The first-order chi connectivity index (χ1) is 11.3. The van der Waals surface area contributed by atoms with Gasteiger partial charge in [0.15, 0.2) is 0 Å². The molecule has 0 saturated carbocycles. The van der Waals surface area contributed by atoms with Crippen molar-refractivity contribution in [3.8, 4) is 0 Å². The molecule has 5 heteroatoms. The Morgan fingerprint density at radius 1 is 1.13 bits per heavy atom. The van der Waals surface area contributed by atoms with E-state index < -0.39 is 0 Å². The molecule has 0 N–H and O–H groups in total. The average molecular weight is 325 g/mol. The molecule has 2 aromatic heterocycles. The Bertz CT molecular complexity index is 816. The fraction of sp³-hybridized carbons (Fsp3) is 0.333. The van der Waals surface area contributed by atoms with Crippen molar-refractivity contribution < 1.29 is 4.79 Å². The molecule has 3 aromatic rings. The Kier molecular flexibility index (Phi) is 3.87. The van der Waals surface area contributed by atoms with Gasteiger partial charge in [-0.1, -0.05) is 18.2 Å². The molecule has 1 aliphatic heterocycles. The first kappa shape index (κ1) is 14.5. The minimum absolute atomic E-state index is 0.207. The van der Waals surface area contributed by atoms with Crippen LogP contribution in [0.4, 0.5) is 0 Å². The molecule has 23 heavy (non-hydrogen) atoms. The minimum Gasteiger partial charge on any atom is -0.341 e. The van der Waals surface area contributed by atoms with Crippen molar-refractivity contribution in [1.82, 2.24) is 14.5 Å². The van der Waals surface area contributed by atoms with E-state index in [-0.39, 0.29) is 5.91 Å². The number of para-hydroxylation sites is 2. The van der Waals surface area contributed by atoms with E-state index in [1.54, 1.807) is 11.3 Å². The van der Waals surface area contributed by atoms with Gasteiger partial charge in [0.1, 0.15) is 12.4 Å². The molecule has 118 valence electrons. The van der Waals surface area contributed by atoms with Gasteiger partial charge in [0.05, 0.1) is 11.0 Å². The Morgan fingerprint density at radius 3 is 2.74 bits per heavy atom. The van der Waals surface area contributed by atoms with Crippen LogP contribution in [-0.4, -0.2) is 33.4 Å². The summed E-state index contributed by atoms with van der Waals surface area (Å²) in [7, 11) is 0. The molecule has 4 nitrogen and oxygen atoms in total. The lowest BCUT2D eigenvalue weighted by atomic mass is 10.3. The van der Waals surface area contributed by atoms with Crippen LogP contribution in [0.15, 0.2) is 41.8 Å². The number of carbonyl (C=O) groups is 1. The molecule has 1 aliphatic rings. The second kappa shape index (κ2) is 6.16. The quantitative estimate of drug-likeness (QED) is 0.738. The first-order valence-electron chi connectivity index (χ1n) is 8.05. The molecular weight excluding hydrogens is 306 g/mol. The summed E-state index contributed by atoms with van der Waals surface area (Å²) in [6, 6.07) is 12.3. The van der Waals surface area contributed by atoms with Gasteiger partial charge in [-0.3, -0.25) is 4.79 Å². The summed E-state index contributed by atoms with van der Waals surface area (Å²) >= 11 is 1.73. The van der Waals surface area contributed by atoms with Crippen LogP contribution in [0.25, 0.3) is 11.0 Å². The van der Waals surface area contributed by atoms with Gasteiger partial charge >= 0.3 is 0 Å². The van der Waals surface area contributed by atoms with Crippen molar-refractivity contribution in [3.63, 3.8) is 0 Å². The summed E-state index contributed by atoms with van der Waals surface area (Å²) in [5.41, 5.74) is 2.01. The lowest BCUT2D eigenvalue weighted by Crippen LogP contribution is -2.31. The topological polar surface area (TPSA) is 38.1 Å². The van der Waals surface area contributed by atoms with Gasteiger partial charge < -0.3 is 9.47 Å². The third kappa shape index (κ3) is 2.88. The van der Waals surface area contributed by atoms with Gasteiger partial charge in [-0.25, -0.2) is 4.98 Å². The Balaban J connectivity index is 1.68. The van der Waals surface area contributed by atoms with E-state index in [4.69, 9.17) is 4.98 Å².